The van der Waals surface area contributed by atoms with E-state index in [1.165, 1.54) is 0 Å². The van der Waals surface area contributed by atoms with Gasteiger partial charge in [-0.3, -0.25) is 4.79 Å². The number of benzene rings is 2. The average Bonchev–Trinajstić information content (AvgIpc) is 2.99. The van der Waals surface area contributed by atoms with Crippen LogP contribution in [-0.2, 0) is 0 Å². The first-order chi connectivity index (χ1) is 11.1. The lowest BCUT2D eigenvalue weighted by molar-refractivity contribution is 0.0937. The fourth-order valence-corrected chi connectivity index (χ4v) is 2.40. The second-order valence-electron chi connectivity index (χ2n) is 4.99. The van der Waals surface area contributed by atoms with Crippen molar-refractivity contribution in [3.05, 3.63) is 82.5 Å². The monoisotopic (exact) mass is 327 g/mol. The fourth-order valence-electron chi connectivity index (χ4n) is 2.21. The molecular formula is C17H14ClN3O2. The van der Waals surface area contributed by atoms with Crippen LogP contribution in [0.5, 0.6) is 0 Å². The molecule has 1 N–H and O–H groups in total. The molecule has 0 spiro atoms. The molecule has 5 nitrogen and oxygen atoms in total. The van der Waals surface area contributed by atoms with Crippen LogP contribution in [0.15, 0.2) is 59.0 Å². The maximum absolute atomic E-state index is 12.5. The van der Waals surface area contributed by atoms with Gasteiger partial charge in [0, 0.05) is 17.5 Å². The summed E-state index contributed by atoms with van der Waals surface area (Å²) in [5.74, 6) is 0.513. The lowest BCUT2D eigenvalue weighted by Gasteiger charge is -2.15. The van der Waals surface area contributed by atoms with Crippen molar-refractivity contribution < 1.29 is 9.21 Å². The largest absolute Gasteiger partial charge is 0.423 e. The van der Waals surface area contributed by atoms with Gasteiger partial charge in [0.05, 0.1) is 0 Å². The molecule has 0 aliphatic heterocycles. The summed E-state index contributed by atoms with van der Waals surface area (Å²) in [6.45, 7) is 1.71. The molecule has 1 aromatic heterocycles. The highest BCUT2D eigenvalue weighted by Crippen LogP contribution is 2.22. The molecule has 0 radical (unpaired) electrons. The first-order valence-corrected chi connectivity index (χ1v) is 7.42. The van der Waals surface area contributed by atoms with Crippen LogP contribution < -0.4 is 5.32 Å². The van der Waals surface area contributed by atoms with E-state index in [4.69, 9.17) is 16.0 Å². The quantitative estimate of drug-likeness (QED) is 0.795. The van der Waals surface area contributed by atoms with Gasteiger partial charge in [-0.05, 0) is 23.8 Å². The zero-order valence-corrected chi connectivity index (χ0v) is 13.1. The molecule has 0 saturated carbocycles. The minimum Gasteiger partial charge on any atom is -0.423 e. The van der Waals surface area contributed by atoms with Crippen molar-refractivity contribution in [3.8, 4) is 0 Å². The molecule has 1 atom stereocenters. The molecule has 0 saturated heterocycles. The van der Waals surface area contributed by atoms with Gasteiger partial charge in [0.2, 0.25) is 11.8 Å². The van der Waals surface area contributed by atoms with Crippen molar-refractivity contribution in [2.24, 2.45) is 0 Å². The van der Waals surface area contributed by atoms with E-state index in [2.05, 4.69) is 15.5 Å². The van der Waals surface area contributed by atoms with E-state index >= 15 is 0 Å². The number of aryl methyl sites for hydroxylation is 1. The maximum Gasteiger partial charge on any atom is 0.252 e. The summed E-state index contributed by atoms with van der Waals surface area (Å²) in [5.41, 5.74) is 1.32. The summed E-state index contributed by atoms with van der Waals surface area (Å²) >= 11 is 5.94. The molecule has 3 rings (SSSR count). The van der Waals surface area contributed by atoms with Crippen molar-refractivity contribution in [3.63, 3.8) is 0 Å². The number of amides is 1. The Kier molecular flexibility index (Phi) is 4.39. The summed E-state index contributed by atoms with van der Waals surface area (Å²) in [6, 6.07) is 15.7. The van der Waals surface area contributed by atoms with Crippen molar-refractivity contribution in [2.75, 3.05) is 0 Å². The Morgan fingerprint density at radius 3 is 2.57 bits per heavy atom. The third-order valence-electron chi connectivity index (χ3n) is 3.28. The first kappa shape index (κ1) is 15.2. The molecule has 1 unspecified atom stereocenters. The lowest BCUT2D eigenvalue weighted by Crippen LogP contribution is -2.29. The van der Waals surface area contributed by atoms with Crippen LogP contribution in [0, 0.1) is 6.92 Å². The summed E-state index contributed by atoms with van der Waals surface area (Å²) in [6.07, 6.45) is 0. The van der Waals surface area contributed by atoms with E-state index in [0.29, 0.717) is 22.4 Å². The van der Waals surface area contributed by atoms with Crippen molar-refractivity contribution in [2.45, 2.75) is 13.0 Å². The highest BCUT2D eigenvalue weighted by Gasteiger charge is 2.23. The molecule has 23 heavy (non-hydrogen) atoms. The summed E-state index contributed by atoms with van der Waals surface area (Å²) in [4.78, 5) is 12.5. The van der Waals surface area contributed by atoms with Crippen LogP contribution in [0.25, 0.3) is 0 Å². The number of hydrogen-bond acceptors (Lipinski definition) is 4. The lowest BCUT2D eigenvalue weighted by atomic mass is 10.1. The average molecular weight is 328 g/mol. The minimum absolute atomic E-state index is 0.266. The molecule has 0 aliphatic rings. The van der Waals surface area contributed by atoms with Gasteiger partial charge in [0.15, 0.2) is 0 Å². The predicted octanol–water partition coefficient (Wildman–Crippen LogP) is 3.55. The number of aromatic nitrogens is 2. The van der Waals surface area contributed by atoms with Crippen LogP contribution >= 0.6 is 11.6 Å². The normalized spacial score (nSPS) is 11.9. The number of carbonyl (C=O) groups is 1. The van der Waals surface area contributed by atoms with Gasteiger partial charge in [-0.1, -0.05) is 48.0 Å². The number of nitrogens with zero attached hydrogens (tertiary/aromatic N) is 2. The van der Waals surface area contributed by atoms with Crippen LogP contribution in [0.3, 0.4) is 0 Å². The van der Waals surface area contributed by atoms with E-state index in [1.807, 2.05) is 30.3 Å². The number of rotatable bonds is 4. The molecule has 0 fully saturated rings. The van der Waals surface area contributed by atoms with Gasteiger partial charge in [0.1, 0.15) is 6.04 Å². The summed E-state index contributed by atoms with van der Waals surface area (Å²) in [7, 11) is 0. The zero-order valence-electron chi connectivity index (χ0n) is 12.4. The van der Waals surface area contributed by atoms with Gasteiger partial charge in [-0.15, -0.1) is 10.2 Å². The Balaban J connectivity index is 1.92. The van der Waals surface area contributed by atoms with E-state index in [9.17, 15) is 4.79 Å². The smallest absolute Gasteiger partial charge is 0.252 e. The SMILES string of the molecule is Cc1nnc(C(NC(=O)c2cccc(Cl)c2)c2ccccc2)o1. The Hall–Kier alpha value is -2.66. The molecule has 116 valence electrons. The van der Waals surface area contributed by atoms with Gasteiger partial charge < -0.3 is 9.73 Å². The van der Waals surface area contributed by atoms with Gasteiger partial charge in [0.25, 0.3) is 5.91 Å². The highest BCUT2D eigenvalue weighted by molar-refractivity contribution is 6.30. The Morgan fingerprint density at radius 1 is 1.13 bits per heavy atom. The zero-order chi connectivity index (χ0) is 16.2. The second-order valence-corrected chi connectivity index (χ2v) is 5.42. The maximum atomic E-state index is 12.5. The van der Waals surface area contributed by atoms with E-state index in [0.717, 1.165) is 5.56 Å². The first-order valence-electron chi connectivity index (χ1n) is 7.05. The van der Waals surface area contributed by atoms with Crippen LogP contribution in [-0.4, -0.2) is 16.1 Å². The summed E-state index contributed by atoms with van der Waals surface area (Å²) in [5, 5.41) is 11.3. The highest BCUT2D eigenvalue weighted by atomic mass is 35.5. The molecule has 2 aromatic carbocycles. The third-order valence-corrected chi connectivity index (χ3v) is 3.52. The Labute approximate surface area is 138 Å². The van der Waals surface area contributed by atoms with E-state index in [1.54, 1.807) is 31.2 Å². The van der Waals surface area contributed by atoms with Crippen LogP contribution in [0.2, 0.25) is 5.02 Å². The van der Waals surface area contributed by atoms with E-state index < -0.39 is 6.04 Å². The standard InChI is InChI=1S/C17H14ClN3O2/c1-11-20-21-17(23-11)15(12-6-3-2-4-7-12)19-16(22)13-8-5-9-14(18)10-13/h2-10,15H,1H3,(H,19,22). The second kappa shape index (κ2) is 6.62. The summed E-state index contributed by atoms with van der Waals surface area (Å²) < 4.78 is 5.50. The topological polar surface area (TPSA) is 68.0 Å². The predicted molar refractivity (Wildman–Crippen MR) is 86.2 cm³/mol. The van der Waals surface area contributed by atoms with Gasteiger partial charge in [-0.25, -0.2) is 0 Å². The molecular weight excluding hydrogens is 314 g/mol. The van der Waals surface area contributed by atoms with Crippen LogP contribution in [0.1, 0.15) is 33.7 Å². The van der Waals surface area contributed by atoms with Gasteiger partial charge in [-0.2, -0.15) is 0 Å². The van der Waals surface area contributed by atoms with Crippen molar-refractivity contribution in [1.82, 2.24) is 15.5 Å². The number of nitrogens with one attached hydrogen (secondary N) is 1. The van der Waals surface area contributed by atoms with Crippen molar-refractivity contribution in [1.29, 1.82) is 0 Å². The molecule has 1 amide bonds. The molecule has 1 heterocycles. The fraction of sp³-hybridized carbons (Fsp3) is 0.118. The molecule has 6 heteroatoms. The Morgan fingerprint density at radius 2 is 1.91 bits per heavy atom. The molecule has 0 bridgehead atoms. The van der Waals surface area contributed by atoms with Crippen LogP contribution in [0.4, 0.5) is 0 Å². The number of carbonyl (C=O) groups excluding carboxylic acids is 1. The third kappa shape index (κ3) is 3.57. The minimum atomic E-state index is -0.524. The molecule has 3 aromatic rings. The number of halogens is 1. The number of hydrogen-bond donors (Lipinski definition) is 1. The van der Waals surface area contributed by atoms with E-state index in [-0.39, 0.29) is 5.91 Å². The van der Waals surface area contributed by atoms with Crippen molar-refractivity contribution >= 4 is 17.5 Å². The molecule has 0 aliphatic carbocycles. The van der Waals surface area contributed by atoms with Gasteiger partial charge >= 0.3 is 0 Å². The Bertz CT molecular complexity index is 817.